The van der Waals surface area contributed by atoms with Gasteiger partial charge in [-0.2, -0.15) is 13.2 Å². The predicted octanol–water partition coefficient (Wildman–Crippen LogP) is 1.66. The van der Waals surface area contributed by atoms with Crippen LogP contribution in [0.4, 0.5) is 13.2 Å². The Kier molecular flexibility index (Phi) is 3.41. The third-order valence-electron chi connectivity index (χ3n) is 1.69. The van der Waals surface area contributed by atoms with Gasteiger partial charge in [0.25, 0.3) is 0 Å². The van der Waals surface area contributed by atoms with Crippen molar-refractivity contribution in [3.63, 3.8) is 0 Å². The van der Waals surface area contributed by atoms with E-state index in [0.717, 1.165) is 0 Å². The Morgan fingerprint density at radius 1 is 1.27 bits per heavy atom. The van der Waals surface area contributed by atoms with E-state index in [1.807, 2.05) is 0 Å². The first-order valence-corrected chi connectivity index (χ1v) is 4.16. The highest BCUT2D eigenvalue weighted by molar-refractivity contribution is 5.30. The Hall–Kier alpha value is -1.43. The zero-order chi connectivity index (χ0) is 11.5. The van der Waals surface area contributed by atoms with Crippen LogP contribution in [0.3, 0.4) is 0 Å². The van der Waals surface area contributed by atoms with Crippen LogP contribution in [0, 0.1) is 0 Å². The second kappa shape index (κ2) is 4.39. The summed E-state index contributed by atoms with van der Waals surface area (Å²) in [7, 11) is 0. The van der Waals surface area contributed by atoms with E-state index < -0.39 is 18.8 Å². The summed E-state index contributed by atoms with van der Waals surface area (Å²) >= 11 is 0. The van der Waals surface area contributed by atoms with Gasteiger partial charge in [0.1, 0.15) is 11.5 Å². The molecule has 0 saturated carbocycles. The number of rotatable bonds is 3. The number of ether oxygens (including phenoxy) is 1. The molecule has 1 rings (SSSR count). The molecule has 1 atom stereocenters. The van der Waals surface area contributed by atoms with E-state index >= 15 is 0 Å². The molecular formula is C9H10F3NO2. The summed E-state index contributed by atoms with van der Waals surface area (Å²) < 4.78 is 41.3. The van der Waals surface area contributed by atoms with Crippen molar-refractivity contribution in [2.24, 2.45) is 5.73 Å². The summed E-state index contributed by atoms with van der Waals surface area (Å²) in [6.07, 6.45) is -6.52. The molecule has 0 radical (unpaired) electrons. The van der Waals surface area contributed by atoms with Gasteiger partial charge >= 0.3 is 6.18 Å². The Labute approximate surface area is 84.3 Å². The molecule has 0 aromatic heterocycles. The number of aromatic hydroxyl groups is 1. The van der Waals surface area contributed by atoms with Crippen molar-refractivity contribution in [1.82, 2.24) is 0 Å². The molecule has 3 N–H and O–H groups in total. The summed E-state index contributed by atoms with van der Waals surface area (Å²) in [5.74, 6) is -0.0285. The lowest BCUT2D eigenvalue weighted by Crippen LogP contribution is -2.40. The summed E-state index contributed by atoms with van der Waals surface area (Å²) in [6.45, 7) is -0.648. The van der Waals surface area contributed by atoms with Gasteiger partial charge in [-0.25, -0.2) is 0 Å². The van der Waals surface area contributed by atoms with E-state index in [0.29, 0.717) is 0 Å². The second-order valence-corrected chi connectivity index (χ2v) is 2.88. The van der Waals surface area contributed by atoms with Gasteiger partial charge in [0.2, 0.25) is 6.10 Å². The van der Waals surface area contributed by atoms with Crippen molar-refractivity contribution < 1.29 is 23.0 Å². The number of halogens is 3. The van der Waals surface area contributed by atoms with Crippen LogP contribution < -0.4 is 10.5 Å². The van der Waals surface area contributed by atoms with Gasteiger partial charge in [0, 0.05) is 6.54 Å². The lowest BCUT2D eigenvalue weighted by atomic mass is 10.3. The minimum atomic E-state index is -4.49. The van der Waals surface area contributed by atoms with Gasteiger partial charge < -0.3 is 15.6 Å². The molecule has 1 aromatic carbocycles. The maximum absolute atomic E-state index is 12.2. The molecule has 0 fully saturated rings. The SMILES string of the molecule is NCC(Oc1ccc(O)cc1)C(F)(F)F. The van der Waals surface area contributed by atoms with Crippen LogP contribution in [-0.4, -0.2) is 23.9 Å². The Bertz CT molecular complexity index is 310. The summed E-state index contributed by atoms with van der Waals surface area (Å²) in [5.41, 5.74) is 4.94. The van der Waals surface area contributed by atoms with Crippen molar-refractivity contribution in [2.75, 3.05) is 6.54 Å². The van der Waals surface area contributed by atoms with Gasteiger partial charge in [-0.3, -0.25) is 0 Å². The molecule has 0 bridgehead atoms. The van der Waals surface area contributed by atoms with E-state index in [2.05, 4.69) is 4.74 Å². The summed E-state index contributed by atoms with van der Waals surface area (Å²) in [6, 6.07) is 4.95. The fraction of sp³-hybridized carbons (Fsp3) is 0.333. The average molecular weight is 221 g/mol. The molecule has 84 valence electrons. The Balaban J connectivity index is 2.71. The molecule has 0 aliphatic heterocycles. The zero-order valence-electron chi connectivity index (χ0n) is 7.66. The Morgan fingerprint density at radius 2 is 1.80 bits per heavy atom. The fourth-order valence-electron chi connectivity index (χ4n) is 0.938. The molecule has 1 unspecified atom stereocenters. The molecule has 0 spiro atoms. The van der Waals surface area contributed by atoms with E-state index in [9.17, 15) is 13.2 Å². The number of nitrogens with two attached hydrogens (primary N) is 1. The van der Waals surface area contributed by atoms with Crippen molar-refractivity contribution in [2.45, 2.75) is 12.3 Å². The molecule has 0 amide bonds. The number of benzene rings is 1. The number of alkyl halides is 3. The predicted molar refractivity (Wildman–Crippen MR) is 47.6 cm³/mol. The minimum absolute atomic E-state index is 0.0144. The Morgan fingerprint density at radius 3 is 2.20 bits per heavy atom. The lowest BCUT2D eigenvalue weighted by Gasteiger charge is -2.19. The smallest absolute Gasteiger partial charge is 0.426 e. The lowest BCUT2D eigenvalue weighted by molar-refractivity contribution is -0.191. The fourth-order valence-corrected chi connectivity index (χ4v) is 0.938. The highest BCUT2D eigenvalue weighted by atomic mass is 19.4. The van der Waals surface area contributed by atoms with E-state index in [-0.39, 0.29) is 11.5 Å². The van der Waals surface area contributed by atoms with Gasteiger partial charge in [-0.1, -0.05) is 0 Å². The highest BCUT2D eigenvalue weighted by Crippen LogP contribution is 2.25. The van der Waals surface area contributed by atoms with Crippen LogP contribution in [0.5, 0.6) is 11.5 Å². The van der Waals surface area contributed by atoms with Crippen molar-refractivity contribution in [1.29, 1.82) is 0 Å². The van der Waals surface area contributed by atoms with Crippen LogP contribution in [0.2, 0.25) is 0 Å². The molecular weight excluding hydrogens is 211 g/mol. The summed E-state index contributed by atoms with van der Waals surface area (Å²) in [4.78, 5) is 0. The molecule has 15 heavy (non-hydrogen) atoms. The first-order chi connectivity index (χ1) is 6.93. The van der Waals surface area contributed by atoms with Gasteiger partial charge in [0.15, 0.2) is 0 Å². The summed E-state index contributed by atoms with van der Waals surface area (Å²) in [5, 5.41) is 8.91. The topological polar surface area (TPSA) is 55.5 Å². The normalized spacial score (nSPS) is 13.6. The van der Waals surface area contributed by atoms with Crippen LogP contribution in [0.15, 0.2) is 24.3 Å². The van der Waals surface area contributed by atoms with Crippen LogP contribution in [-0.2, 0) is 0 Å². The molecule has 0 aliphatic carbocycles. The maximum Gasteiger partial charge on any atom is 0.426 e. The van der Waals surface area contributed by atoms with Crippen LogP contribution in [0.25, 0.3) is 0 Å². The number of phenolic OH excluding ortho intramolecular Hbond substituents is 1. The third-order valence-corrected chi connectivity index (χ3v) is 1.69. The third kappa shape index (κ3) is 3.32. The molecule has 6 heteroatoms. The molecule has 0 saturated heterocycles. The van der Waals surface area contributed by atoms with Crippen molar-refractivity contribution in [3.05, 3.63) is 24.3 Å². The standard InChI is InChI=1S/C9H10F3NO2/c10-9(11,12)8(5-13)15-7-3-1-6(14)2-4-7/h1-4,8,14H,5,13H2. The van der Waals surface area contributed by atoms with Crippen LogP contribution in [0.1, 0.15) is 0 Å². The minimum Gasteiger partial charge on any atom is -0.508 e. The van der Waals surface area contributed by atoms with Gasteiger partial charge in [-0.15, -0.1) is 0 Å². The van der Waals surface area contributed by atoms with Crippen molar-refractivity contribution in [3.8, 4) is 11.5 Å². The first kappa shape index (κ1) is 11.6. The second-order valence-electron chi connectivity index (χ2n) is 2.88. The average Bonchev–Trinajstić information content (AvgIpc) is 2.15. The molecule has 1 aromatic rings. The number of hydrogen-bond donors (Lipinski definition) is 2. The molecule has 0 heterocycles. The van der Waals surface area contributed by atoms with Crippen LogP contribution >= 0.6 is 0 Å². The molecule has 3 nitrogen and oxygen atoms in total. The van der Waals surface area contributed by atoms with Gasteiger partial charge in [0.05, 0.1) is 0 Å². The largest absolute Gasteiger partial charge is 0.508 e. The van der Waals surface area contributed by atoms with E-state index in [1.165, 1.54) is 24.3 Å². The number of hydrogen-bond acceptors (Lipinski definition) is 3. The van der Waals surface area contributed by atoms with E-state index in [4.69, 9.17) is 10.8 Å². The zero-order valence-corrected chi connectivity index (χ0v) is 7.66. The quantitative estimate of drug-likeness (QED) is 0.816. The number of phenols is 1. The molecule has 0 aliphatic rings. The van der Waals surface area contributed by atoms with E-state index in [1.54, 1.807) is 0 Å². The monoisotopic (exact) mass is 221 g/mol. The van der Waals surface area contributed by atoms with Gasteiger partial charge in [-0.05, 0) is 24.3 Å². The maximum atomic E-state index is 12.2. The highest BCUT2D eigenvalue weighted by Gasteiger charge is 2.40. The first-order valence-electron chi connectivity index (χ1n) is 4.16. The van der Waals surface area contributed by atoms with Crippen molar-refractivity contribution >= 4 is 0 Å².